The van der Waals surface area contributed by atoms with Gasteiger partial charge >= 0.3 is 6.03 Å². The van der Waals surface area contributed by atoms with Crippen molar-refractivity contribution in [2.75, 3.05) is 0 Å². The Labute approximate surface area is 108 Å². The molecule has 2 N–H and O–H groups in total. The Kier molecular flexibility index (Phi) is 2.43. The van der Waals surface area contributed by atoms with Crippen LogP contribution in [-0.4, -0.2) is 22.8 Å². The summed E-state index contributed by atoms with van der Waals surface area (Å²) in [5, 5.41) is 0. The van der Waals surface area contributed by atoms with E-state index in [1.165, 1.54) is 0 Å². The Morgan fingerprint density at radius 2 is 2.06 bits per heavy atom. The monoisotopic (exact) mass is 293 g/mol. The molecule has 0 spiro atoms. The molecule has 0 saturated heterocycles. The van der Waals surface area contributed by atoms with Crippen molar-refractivity contribution in [2.24, 2.45) is 10.7 Å². The van der Waals surface area contributed by atoms with Gasteiger partial charge in [-0.05, 0) is 24.5 Å². The second-order valence-corrected chi connectivity index (χ2v) is 5.24. The van der Waals surface area contributed by atoms with E-state index in [0.29, 0.717) is 11.9 Å². The lowest BCUT2D eigenvalue weighted by molar-refractivity contribution is 0.203. The SMILES string of the molecule is NC1=NC(=O)N(C2CC2)C1c1ccccc1Br. The van der Waals surface area contributed by atoms with Crippen molar-refractivity contribution in [3.63, 3.8) is 0 Å². The van der Waals surface area contributed by atoms with Crippen LogP contribution in [0.15, 0.2) is 33.7 Å². The number of amides is 2. The van der Waals surface area contributed by atoms with Gasteiger partial charge in [0.25, 0.3) is 0 Å². The largest absolute Gasteiger partial charge is 0.385 e. The fourth-order valence-electron chi connectivity index (χ4n) is 2.21. The molecule has 1 aliphatic carbocycles. The number of carbonyl (C=O) groups is 1. The average molecular weight is 294 g/mol. The molecule has 2 aliphatic rings. The van der Waals surface area contributed by atoms with E-state index >= 15 is 0 Å². The fourth-order valence-corrected chi connectivity index (χ4v) is 2.71. The van der Waals surface area contributed by atoms with E-state index in [1.807, 2.05) is 24.3 Å². The van der Waals surface area contributed by atoms with Crippen LogP contribution in [0.5, 0.6) is 0 Å². The summed E-state index contributed by atoms with van der Waals surface area (Å²) in [6.07, 6.45) is 2.10. The average Bonchev–Trinajstić information content (AvgIpc) is 3.06. The summed E-state index contributed by atoms with van der Waals surface area (Å²) in [7, 11) is 0. The fraction of sp³-hybridized carbons (Fsp3) is 0.333. The predicted molar refractivity (Wildman–Crippen MR) is 68.8 cm³/mol. The summed E-state index contributed by atoms with van der Waals surface area (Å²) in [6.45, 7) is 0. The van der Waals surface area contributed by atoms with Gasteiger partial charge in [-0.3, -0.25) is 0 Å². The zero-order valence-corrected chi connectivity index (χ0v) is 10.7. The van der Waals surface area contributed by atoms with Gasteiger partial charge < -0.3 is 10.6 Å². The molecule has 88 valence electrons. The minimum absolute atomic E-state index is 0.203. The summed E-state index contributed by atoms with van der Waals surface area (Å²) in [5.74, 6) is 0.397. The summed E-state index contributed by atoms with van der Waals surface area (Å²) in [5.41, 5.74) is 6.90. The number of urea groups is 1. The highest BCUT2D eigenvalue weighted by Crippen LogP contribution is 2.39. The Morgan fingerprint density at radius 3 is 2.71 bits per heavy atom. The van der Waals surface area contributed by atoms with Gasteiger partial charge in [0.15, 0.2) is 0 Å². The van der Waals surface area contributed by atoms with E-state index in [1.54, 1.807) is 4.90 Å². The highest BCUT2D eigenvalue weighted by molar-refractivity contribution is 9.10. The van der Waals surface area contributed by atoms with Gasteiger partial charge in [-0.15, -0.1) is 0 Å². The van der Waals surface area contributed by atoms with Gasteiger partial charge in [0.2, 0.25) is 0 Å². The van der Waals surface area contributed by atoms with Crippen molar-refractivity contribution in [2.45, 2.75) is 24.9 Å². The quantitative estimate of drug-likeness (QED) is 0.910. The molecule has 1 saturated carbocycles. The normalized spacial score (nSPS) is 24.1. The van der Waals surface area contributed by atoms with E-state index in [-0.39, 0.29) is 12.1 Å². The van der Waals surface area contributed by atoms with Crippen molar-refractivity contribution in [1.82, 2.24) is 4.90 Å². The van der Waals surface area contributed by atoms with Crippen LogP contribution in [-0.2, 0) is 0 Å². The maximum atomic E-state index is 11.8. The topological polar surface area (TPSA) is 58.7 Å². The van der Waals surface area contributed by atoms with Crippen LogP contribution < -0.4 is 5.73 Å². The lowest BCUT2D eigenvalue weighted by atomic mass is 10.1. The second-order valence-electron chi connectivity index (χ2n) is 4.38. The lowest BCUT2D eigenvalue weighted by Crippen LogP contribution is -2.35. The molecule has 2 amide bonds. The molecular formula is C12H12BrN3O. The lowest BCUT2D eigenvalue weighted by Gasteiger charge is -2.25. The van der Waals surface area contributed by atoms with Gasteiger partial charge in [0.1, 0.15) is 11.9 Å². The highest BCUT2D eigenvalue weighted by atomic mass is 79.9. The maximum Gasteiger partial charge on any atom is 0.346 e. The summed E-state index contributed by atoms with van der Waals surface area (Å²) in [6, 6.07) is 7.72. The minimum atomic E-state index is -0.203. The van der Waals surface area contributed by atoms with E-state index in [4.69, 9.17) is 5.73 Å². The molecule has 17 heavy (non-hydrogen) atoms. The van der Waals surface area contributed by atoms with Crippen LogP contribution in [0.4, 0.5) is 4.79 Å². The number of benzene rings is 1. The third kappa shape index (κ3) is 1.74. The van der Waals surface area contributed by atoms with Gasteiger partial charge in [-0.2, -0.15) is 4.99 Å². The van der Waals surface area contributed by atoms with Crippen molar-refractivity contribution >= 4 is 27.8 Å². The maximum absolute atomic E-state index is 11.8. The molecular weight excluding hydrogens is 282 g/mol. The Balaban J connectivity index is 2.03. The third-order valence-corrected chi connectivity index (χ3v) is 3.87. The van der Waals surface area contributed by atoms with Gasteiger partial charge in [-0.25, -0.2) is 4.79 Å². The second kappa shape index (κ2) is 3.84. The van der Waals surface area contributed by atoms with E-state index in [9.17, 15) is 4.79 Å². The number of hydrogen-bond donors (Lipinski definition) is 1. The zero-order valence-electron chi connectivity index (χ0n) is 9.14. The number of halogens is 1. The van der Waals surface area contributed by atoms with Crippen LogP contribution >= 0.6 is 15.9 Å². The smallest absolute Gasteiger partial charge is 0.346 e. The number of rotatable bonds is 2. The molecule has 1 fully saturated rings. The molecule has 1 heterocycles. The van der Waals surface area contributed by atoms with Crippen molar-refractivity contribution < 1.29 is 4.79 Å². The molecule has 1 aliphatic heterocycles. The molecule has 1 aromatic rings. The highest BCUT2D eigenvalue weighted by Gasteiger charge is 2.44. The Hall–Kier alpha value is -1.36. The van der Waals surface area contributed by atoms with Crippen LogP contribution in [0.2, 0.25) is 0 Å². The first kappa shape index (κ1) is 10.8. The first-order valence-electron chi connectivity index (χ1n) is 5.59. The molecule has 3 rings (SSSR count). The van der Waals surface area contributed by atoms with Crippen LogP contribution in [0, 0.1) is 0 Å². The first-order valence-corrected chi connectivity index (χ1v) is 6.38. The summed E-state index contributed by atoms with van der Waals surface area (Å²) >= 11 is 3.50. The minimum Gasteiger partial charge on any atom is -0.385 e. The van der Waals surface area contributed by atoms with Crippen molar-refractivity contribution in [3.8, 4) is 0 Å². The standard InChI is InChI=1S/C12H12BrN3O/c13-9-4-2-1-3-8(9)10-11(14)15-12(17)16(10)7-5-6-7/h1-4,7,10H,5-6H2,(H2,14,15,17). The molecule has 0 bridgehead atoms. The van der Waals surface area contributed by atoms with Crippen LogP contribution in [0.25, 0.3) is 0 Å². The summed E-state index contributed by atoms with van der Waals surface area (Å²) in [4.78, 5) is 17.5. The third-order valence-electron chi connectivity index (χ3n) is 3.14. The molecule has 0 radical (unpaired) electrons. The molecule has 1 aromatic carbocycles. The number of nitrogens with zero attached hydrogens (tertiary/aromatic N) is 2. The number of aliphatic imine (C=N–C) groups is 1. The Morgan fingerprint density at radius 1 is 1.35 bits per heavy atom. The summed E-state index contributed by atoms with van der Waals surface area (Å²) < 4.78 is 0.962. The van der Waals surface area contributed by atoms with Crippen molar-refractivity contribution in [1.29, 1.82) is 0 Å². The van der Waals surface area contributed by atoms with E-state index in [0.717, 1.165) is 22.9 Å². The number of hydrogen-bond acceptors (Lipinski definition) is 2. The van der Waals surface area contributed by atoms with Crippen molar-refractivity contribution in [3.05, 3.63) is 34.3 Å². The first-order chi connectivity index (χ1) is 8.18. The molecule has 4 nitrogen and oxygen atoms in total. The van der Waals surface area contributed by atoms with E-state index in [2.05, 4.69) is 20.9 Å². The van der Waals surface area contributed by atoms with Crippen LogP contribution in [0.1, 0.15) is 24.4 Å². The molecule has 1 atom stereocenters. The van der Waals surface area contributed by atoms with Gasteiger partial charge in [0.05, 0.1) is 0 Å². The van der Waals surface area contributed by atoms with Gasteiger partial charge in [-0.1, -0.05) is 34.1 Å². The zero-order chi connectivity index (χ0) is 12.0. The number of amidine groups is 1. The number of carbonyl (C=O) groups excluding carboxylic acids is 1. The Bertz CT molecular complexity index is 510. The molecule has 5 heteroatoms. The van der Waals surface area contributed by atoms with E-state index < -0.39 is 0 Å². The molecule has 1 unspecified atom stereocenters. The van der Waals surface area contributed by atoms with Gasteiger partial charge in [0, 0.05) is 10.5 Å². The molecule has 0 aromatic heterocycles. The van der Waals surface area contributed by atoms with Crippen LogP contribution in [0.3, 0.4) is 0 Å². The number of nitrogens with two attached hydrogens (primary N) is 1. The predicted octanol–water partition coefficient (Wildman–Crippen LogP) is 2.45.